The van der Waals surface area contributed by atoms with Crippen molar-refractivity contribution in [2.45, 2.75) is 18.9 Å². The number of nitrogens with zero attached hydrogens (tertiary/aromatic N) is 3. The van der Waals surface area contributed by atoms with Gasteiger partial charge in [0.25, 0.3) is 5.91 Å². The molecule has 0 spiro atoms. The summed E-state index contributed by atoms with van der Waals surface area (Å²) < 4.78 is 0. The van der Waals surface area contributed by atoms with Crippen LogP contribution in [0.5, 0.6) is 0 Å². The second kappa shape index (κ2) is 7.01. The van der Waals surface area contributed by atoms with Gasteiger partial charge in [0.1, 0.15) is 5.82 Å². The normalized spacial score (nSPS) is 15.5. The highest BCUT2D eigenvalue weighted by molar-refractivity contribution is 6.33. The van der Waals surface area contributed by atoms with Crippen molar-refractivity contribution in [1.29, 1.82) is 0 Å². The molecule has 0 aliphatic carbocycles. The van der Waals surface area contributed by atoms with E-state index in [1.807, 2.05) is 41.4 Å². The largest absolute Gasteiger partial charge is 0.357 e. The number of piperidine rings is 1. The summed E-state index contributed by atoms with van der Waals surface area (Å²) in [5, 5.41) is 0.519. The molecule has 5 heteroatoms. The molecule has 1 aliphatic rings. The molecule has 4 nitrogen and oxygen atoms in total. The van der Waals surface area contributed by atoms with Gasteiger partial charge in [-0.05, 0) is 37.1 Å². The molecule has 1 saturated heterocycles. The third kappa shape index (κ3) is 3.48. The number of anilines is 1. The Balaban J connectivity index is 1.62. The van der Waals surface area contributed by atoms with E-state index in [0.29, 0.717) is 16.6 Å². The number of halogens is 1. The summed E-state index contributed by atoms with van der Waals surface area (Å²) in [5.74, 6) is 0.998. The van der Waals surface area contributed by atoms with Crippen LogP contribution in [-0.4, -0.2) is 42.0 Å². The second-order valence-electron chi connectivity index (χ2n) is 5.80. The molecular formula is C18H20ClN3O. The molecule has 2 heterocycles. The van der Waals surface area contributed by atoms with Crippen LogP contribution in [0.25, 0.3) is 0 Å². The van der Waals surface area contributed by atoms with Gasteiger partial charge in [0, 0.05) is 32.4 Å². The first kappa shape index (κ1) is 15.8. The van der Waals surface area contributed by atoms with E-state index in [0.717, 1.165) is 31.7 Å². The van der Waals surface area contributed by atoms with Crippen molar-refractivity contribution >= 4 is 23.3 Å². The second-order valence-corrected chi connectivity index (χ2v) is 6.21. The molecule has 0 N–H and O–H groups in total. The summed E-state index contributed by atoms with van der Waals surface area (Å²) in [7, 11) is 2.07. The topological polar surface area (TPSA) is 36.4 Å². The number of likely N-dealkylation sites (tertiary alicyclic amines) is 1. The Bertz CT molecular complexity index is 669. The van der Waals surface area contributed by atoms with Gasteiger partial charge in [-0.2, -0.15) is 0 Å². The molecule has 2 aromatic rings. The Kier molecular flexibility index (Phi) is 4.82. The lowest BCUT2D eigenvalue weighted by Crippen LogP contribution is -2.45. The van der Waals surface area contributed by atoms with E-state index in [1.165, 1.54) is 0 Å². The van der Waals surface area contributed by atoms with Gasteiger partial charge in [-0.25, -0.2) is 4.98 Å². The highest BCUT2D eigenvalue weighted by atomic mass is 35.5. The molecule has 0 atom stereocenters. The highest BCUT2D eigenvalue weighted by Crippen LogP contribution is 2.23. The van der Waals surface area contributed by atoms with Crippen molar-refractivity contribution in [3.63, 3.8) is 0 Å². The lowest BCUT2D eigenvalue weighted by molar-refractivity contribution is 0.0713. The number of rotatable bonds is 3. The maximum atomic E-state index is 12.6. The van der Waals surface area contributed by atoms with Crippen LogP contribution >= 0.6 is 11.6 Å². The minimum atomic E-state index is 0.0227. The third-order valence-electron chi connectivity index (χ3n) is 4.41. The smallest absolute Gasteiger partial charge is 0.255 e. The van der Waals surface area contributed by atoms with E-state index in [4.69, 9.17) is 11.6 Å². The van der Waals surface area contributed by atoms with E-state index in [-0.39, 0.29) is 5.91 Å². The maximum absolute atomic E-state index is 12.6. The van der Waals surface area contributed by atoms with Gasteiger partial charge in [-0.1, -0.05) is 29.8 Å². The van der Waals surface area contributed by atoms with Crippen molar-refractivity contribution in [3.8, 4) is 0 Å². The zero-order chi connectivity index (χ0) is 16.2. The molecule has 1 aliphatic heterocycles. The molecule has 1 aromatic carbocycles. The van der Waals surface area contributed by atoms with Gasteiger partial charge in [-0.3, -0.25) is 4.79 Å². The highest BCUT2D eigenvalue weighted by Gasteiger charge is 2.27. The Labute approximate surface area is 141 Å². The molecule has 0 saturated carbocycles. The molecule has 120 valence electrons. The molecule has 1 amide bonds. The Hall–Kier alpha value is -2.07. The van der Waals surface area contributed by atoms with Gasteiger partial charge in [-0.15, -0.1) is 0 Å². The van der Waals surface area contributed by atoms with Crippen LogP contribution in [0.1, 0.15) is 23.2 Å². The molecule has 23 heavy (non-hydrogen) atoms. The van der Waals surface area contributed by atoms with Gasteiger partial charge in [0.05, 0.1) is 10.6 Å². The van der Waals surface area contributed by atoms with Crippen LogP contribution in [0, 0.1) is 0 Å². The van der Waals surface area contributed by atoms with Crippen molar-refractivity contribution in [2.75, 3.05) is 25.0 Å². The minimum Gasteiger partial charge on any atom is -0.357 e. The Morgan fingerprint density at radius 3 is 2.52 bits per heavy atom. The van der Waals surface area contributed by atoms with Gasteiger partial charge >= 0.3 is 0 Å². The zero-order valence-corrected chi connectivity index (χ0v) is 13.9. The summed E-state index contributed by atoms with van der Waals surface area (Å²) in [4.78, 5) is 21.1. The fourth-order valence-corrected chi connectivity index (χ4v) is 3.23. The summed E-state index contributed by atoms with van der Waals surface area (Å²) in [6.45, 7) is 1.48. The summed E-state index contributed by atoms with van der Waals surface area (Å²) in [6, 6.07) is 13.6. The summed E-state index contributed by atoms with van der Waals surface area (Å²) in [5.41, 5.74) is 0.589. The number of carbonyl (C=O) groups is 1. The first-order valence-electron chi connectivity index (χ1n) is 7.84. The predicted molar refractivity (Wildman–Crippen MR) is 93.0 cm³/mol. The van der Waals surface area contributed by atoms with E-state index in [1.54, 1.807) is 12.1 Å². The Morgan fingerprint density at radius 2 is 1.87 bits per heavy atom. The molecule has 0 unspecified atom stereocenters. The van der Waals surface area contributed by atoms with Gasteiger partial charge in [0.15, 0.2) is 0 Å². The van der Waals surface area contributed by atoms with Crippen LogP contribution in [0.15, 0.2) is 48.7 Å². The molecular weight excluding hydrogens is 310 g/mol. The zero-order valence-electron chi connectivity index (χ0n) is 13.2. The summed E-state index contributed by atoms with van der Waals surface area (Å²) >= 11 is 6.13. The molecule has 0 radical (unpaired) electrons. The number of amides is 1. The van der Waals surface area contributed by atoms with Crippen LogP contribution in [-0.2, 0) is 0 Å². The first-order chi connectivity index (χ1) is 11.2. The lowest BCUT2D eigenvalue weighted by Gasteiger charge is -2.37. The lowest BCUT2D eigenvalue weighted by atomic mass is 10.0. The number of hydrogen-bond donors (Lipinski definition) is 0. The average molecular weight is 330 g/mol. The van der Waals surface area contributed by atoms with Crippen molar-refractivity contribution in [3.05, 3.63) is 59.2 Å². The quantitative estimate of drug-likeness (QED) is 0.865. The maximum Gasteiger partial charge on any atom is 0.255 e. The summed E-state index contributed by atoms with van der Waals surface area (Å²) in [6.07, 6.45) is 3.68. The van der Waals surface area contributed by atoms with Gasteiger partial charge in [0.2, 0.25) is 0 Å². The van der Waals surface area contributed by atoms with E-state index in [9.17, 15) is 4.79 Å². The van der Waals surface area contributed by atoms with Gasteiger partial charge < -0.3 is 9.80 Å². The fourth-order valence-electron chi connectivity index (χ4n) is 3.01. The van der Waals surface area contributed by atoms with E-state index >= 15 is 0 Å². The minimum absolute atomic E-state index is 0.0227. The monoisotopic (exact) mass is 329 g/mol. The SMILES string of the molecule is CN(c1ccccn1)C1CCN(C(=O)c2ccccc2Cl)CC1. The fraction of sp³-hybridized carbons (Fsp3) is 0.333. The molecule has 1 fully saturated rings. The van der Waals surface area contributed by atoms with Crippen molar-refractivity contribution < 1.29 is 4.79 Å². The number of hydrogen-bond acceptors (Lipinski definition) is 3. The third-order valence-corrected chi connectivity index (χ3v) is 4.74. The molecule has 0 bridgehead atoms. The van der Waals surface area contributed by atoms with Crippen LogP contribution in [0.2, 0.25) is 5.02 Å². The number of benzene rings is 1. The van der Waals surface area contributed by atoms with Crippen molar-refractivity contribution in [2.24, 2.45) is 0 Å². The Morgan fingerprint density at radius 1 is 1.17 bits per heavy atom. The average Bonchev–Trinajstić information content (AvgIpc) is 2.62. The number of carbonyl (C=O) groups excluding carboxylic acids is 1. The van der Waals surface area contributed by atoms with Crippen LogP contribution in [0.3, 0.4) is 0 Å². The predicted octanol–water partition coefficient (Wildman–Crippen LogP) is 3.48. The molecule has 1 aromatic heterocycles. The standard InChI is InChI=1S/C18H20ClN3O/c1-21(17-8-4-5-11-20-17)14-9-12-22(13-10-14)18(23)15-6-2-3-7-16(15)19/h2-8,11,14H,9-10,12-13H2,1H3. The van der Waals surface area contributed by atoms with E-state index in [2.05, 4.69) is 16.9 Å². The number of pyridine rings is 1. The van der Waals surface area contributed by atoms with Crippen LogP contribution < -0.4 is 4.90 Å². The van der Waals surface area contributed by atoms with E-state index < -0.39 is 0 Å². The number of aromatic nitrogens is 1. The van der Waals surface area contributed by atoms with Crippen LogP contribution in [0.4, 0.5) is 5.82 Å². The first-order valence-corrected chi connectivity index (χ1v) is 8.22. The molecule has 3 rings (SSSR count). The van der Waals surface area contributed by atoms with Crippen molar-refractivity contribution in [1.82, 2.24) is 9.88 Å².